The average Bonchev–Trinajstić information content (AvgIpc) is 2.71. The number of carboxylic acids is 2. The highest BCUT2D eigenvalue weighted by molar-refractivity contribution is 6.27. The van der Waals surface area contributed by atoms with Gasteiger partial charge in [-0.3, -0.25) is 9.59 Å². The predicted octanol–water partition coefficient (Wildman–Crippen LogP) is 1.15. The highest BCUT2D eigenvalue weighted by Gasteiger charge is 2.07. The predicted molar refractivity (Wildman–Crippen MR) is 99.3 cm³/mol. The first-order valence-electron chi connectivity index (χ1n) is 8.16. The van der Waals surface area contributed by atoms with Crippen LogP contribution in [0.15, 0.2) is 48.5 Å². The van der Waals surface area contributed by atoms with Crippen molar-refractivity contribution in [1.82, 2.24) is 10.6 Å². The first-order chi connectivity index (χ1) is 13.7. The van der Waals surface area contributed by atoms with Crippen molar-refractivity contribution in [2.24, 2.45) is 0 Å². The third-order valence-corrected chi connectivity index (χ3v) is 3.32. The van der Waals surface area contributed by atoms with Crippen molar-refractivity contribution < 1.29 is 38.5 Å². The molecule has 0 radical (unpaired) electrons. The van der Waals surface area contributed by atoms with Gasteiger partial charge in [-0.1, -0.05) is 6.07 Å². The van der Waals surface area contributed by atoms with Crippen molar-refractivity contribution in [3.05, 3.63) is 65.5 Å². The van der Waals surface area contributed by atoms with Crippen LogP contribution in [0.5, 0.6) is 5.75 Å². The number of ether oxygens (including phenoxy) is 1. The third-order valence-electron chi connectivity index (χ3n) is 3.32. The number of carbonyl (C=O) groups is 4. The number of carbonyl (C=O) groups excluding carboxylic acids is 2. The smallest absolute Gasteiger partial charge is 0.414 e. The van der Waals surface area contributed by atoms with Gasteiger partial charge < -0.3 is 25.6 Å². The molecule has 2 amide bonds. The van der Waals surface area contributed by atoms with E-state index in [9.17, 15) is 14.0 Å². The molecule has 2 aromatic rings. The molecule has 0 aliphatic rings. The van der Waals surface area contributed by atoms with Crippen LogP contribution in [-0.4, -0.2) is 54.2 Å². The van der Waals surface area contributed by atoms with Crippen LogP contribution in [0.4, 0.5) is 4.39 Å². The Labute approximate surface area is 165 Å². The summed E-state index contributed by atoms with van der Waals surface area (Å²) in [7, 11) is 1.53. The molecular weight excluding hydrogens is 387 g/mol. The molecule has 10 heteroatoms. The van der Waals surface area contributed by atoms with Gasteiger partial charge >= 0.3 is 11.9 Å². The standard InChI is InChI=1S/C17H17FN2O3.C2H2O4/c1-23-15-4-2-3-13(11-15)17(22)20-10-9-19-16(21)12-5-7-14(18)8-6-12;3-1(4)2(5)6/h2-8,11H,9-10H2,1H3,(H,19,21)(H,20,22);(H,3,4)(H,5,6). The van der Waals surface area contributed by atoms with E-state index >= 15 is 0 Å². The Kier molecular flexibility index (Phi) is 9.31. The molecule has 29 heavy (non-hydrogen) atoms. The molecule has 2 rings (SSSR count). The lowest BCUT2D eigenvalue weighted by atomic mass is 10.2. The van der Waals surface area contributed by atoms with E-state index in [4.69, 9.17) is 24.5 Å². The quantitative estimate of drug-likeness (QED) is 0.416. The van der Waals surface area contributed by atoms with Gasteiger partial charge in [0.2, 0.25) is 0 Å². The summed E-state index contributed by atoms with van der Waals surface area (Å²) >= 11 is 0. The van der Waals surface area contributed by atoms with Gasteiger partial charge in [-0.05, 0) is 42.5 Å². The normalized spacial score (nSPS) is 9.45. The van der Waals surface area contributed by atoms with Gasteiger partial charge in [0.25, 0.3) is 11.8 Å². The second kappa shape index (κ2) is 11.7. The van der Waals surface area contributed by atoms with Gasteiger partial charge in [0.1, 0.15) is 11.6 Å². The second-order valence-electron chi connectivity index (χ2n) is 5.36. The number of rotatable bonds is 6. The molecule has 9 nitrogen and oxygen atoms in total. The van der Waals surface area contributed by atoms with Gasteiger partial charge in [-0.25, -0.2) is 14.0 Å². The molecule has 0 heterocycles. The molecule has 0 atom stereocenters. The minimum atomic E-state index is -1.82. The van der Waals surface area contributed by atoms with Crippen LogP contribution in [0.2, 0.25) is 0 Å². The molecule has 0 saturated carbocycles. The Morgan fingerprint density at radius 1 is 0.862 bits per heavy atom. The van der Waals surface area contributed by atoms with Crippen molar-refractivity contribution in [2.45, 2.75) is 0 Å². The van der Waals surface area contributed by atoms with Gasteiger partial charge in [-0.2, -0.15) is 0 Å². The van der Waals surface area contributed by atoms with Crippen molar-refractivity contribution in [3.63, 3.8) is 0 Å². The number of benzene rings is 2. The zero-order valence-corrected chi connectivity index (χ0v) is 15.3. The zero-order chi connectivity index (χ0) is 21.8. The lowest BCUT2D eigenvalue weighted by Gasteiger charge is -2.08. The molecule has 0 fully saturated rings. The monoisotopic (exact) mass is 406 g/mol. The SMILES string of the molecule is COc1cccc(C(=O)NCCNC(=O)c2ccc(F)cc2)c1.O=C(O)C(=O)O. The van der Waals surface area contributed by atoms with Crippen LogP contribution in [-0.2, 0) is 9.59 Å². The molecule has 0 unspecified atom stereocenters. The van der Waals surface area contributed by atoms with E-state index < -0.39 is 17.8 Å². The highest BCUT2D eigenvalue weighted by atomic mass is 19.1. The maximum atomic E-state index is 12.8. The van der Waals surface area contributed by atoms with Crippen LogP contribution in [0, 0.1) is 5.82 Å². The summed E-state index contributed by atoms with van der Waals surface area (Å²) in [5.74, 6) is -4.01. The van der Waals surface area contributed by atoms with Crippen LogP contribution in [0.3, 0.4) is 0 Å². The molecule has 4 N–H and O–H groups in total. The molecule has 0 spiro atoms. The van der Waals surface area contributed by atoms with Crippen molar-refractivity contribution in [3.8, 4) is 5.75 Å². The molecule has 0 aromatic heterocycles. The van der Waals surface area contributed by atoms with E-state index in [1.165, 1.54) is 31.4 Å². The van der Waals surface area contributed by atoms with Gasteiger partial charge in [0, 0.05) is 24.2 Å². The van der Waals surface area contributed by atoms with E-state index in [0.29, 0.717) is 16.9 Å². The van der Waals surface area contributed by atoms with E-state index in [2.05, 4.69) is 10.6 Å². The molecule has 0 saturated heterocycles. The summed E-state index contributed by atoms with van der Waals surface area (Å²) in [4.78, 5) is 41.9. The maximum Gasteiger partial charge on any atom is 0.414 e. The number of amides is 2. The topological polar surface area (TPSA) is 142 Å². The number of nitrogens with one attached hydrogen (secondary N) is 2. The summed E-state index contributed by atoms with van der Waals surface area (Å²) in [6, 6.07) is 12.0. The fraction of sp³-hybridized carbons (Fsp3) is 0.158. The number of halogens is 1. The molecule has 0 aliphatic carbocycles. The summed E-state index contributed by atoms with van der Waals surface area (Å²) < 4.78 is 17.8. The summed E-state index contributed by atoms with van der Waals surface area (Å²) in [6.45, 7) is 0.550. The van der Waals surface area contributed by atoms with Gasteiger partial charge in [0.05, 0.1) is 7.11 Å². The Morgan fingerprint density at radius 2 is 1.38 bits per heavy atom. The van der Waals surface area contributed by atoms with Crippen molar-refractivity contribution in [2.75, 3.05) is 20.2 Å². The Morgan fingerprint density at radius 3 is 1.86 bits per heavy atom. The van der Waals surface area contributed by atoms with Crippen LogP contribution >= 0.6 is 0 Å². The summed E-state index contributed by atoms with van der Waals surface area (Å²) in [5, 5.41) is 20.1. The molecule has 2 aromatic carbocycles. The van der Waals surface area contributed by atoms with Gasteiger partial charge in [0.15, 0.2) is 0 Å². The van der Waals surface area contributed by atoms with E-state index in [1.54, 1.807) is 24.3 Å². The van der Waals surface area contributed by atoms with Crippen LogP contribution < -0.4 is 15.4 Å². The molecule has 0 bridgehead atoms. The number of hydrogen-bond donors (Lipinski definition) is 4. The molecular formula is C19H19FN2O7. The maximum absolute atomic E-state index is 12.8. The molecule has 0 aliphatic heterocycles. The Bertz CT molecular complexity index is 857. The van der Waals surface area contributed by atoms with E-state index in [1.807, 2.05) is 0 Å². The second-order valence-corrected chi connectivity index (χ2v) is 5.36. The van der Waals surface area contributed by atoms with Crippen LogP contribution in [0.1, 0.15) is 20.7 Å². The Balaban J connectivity index is 0.000000612. The minimum Gasteiger partial charge on any atom is -0.497 e. The first kappa shape index (κ1) is 23.1. The summed E-state index contributed by atoms with van der Waals surface area (Å²) in [5.41, 5.74) is 0.847. The largest absolute Gasteiger partial charge is 0.497 e. The third kappa shape index (κ3) is 8.52. The van der Waals surface area contributed by atoms with Crippen molar-refractivity contribution in [1.29, 1.82) is 0 Å². The average molecular weight is 406 g/mol. The zero-order valence-electron chi connectivity index (χ0n) is 15.3. The summed E-state index contributed by atoms with van der Waals surface area (Å²) in [6.07, 6.45) is 0. The number of methoxy groups -OCH3 is 1. The fourth-order valence-electron chi connectivity index (χ4n) is 1.92. The van der Waals surface area contributed by atoms with E-state index in [-0.39, 0.29) is 24.9 Å². The lowest BCUT2D eigenvalue weighted by molar-refractivity contribution is -0.159. The minimum absolute atomic E-state index is 0.250. The van der Waals surface area contributed by atoms with E-state index in [0.717, 1.165) is 0 Å². The number of aliphatic carboxylic acids is 2. The van der Waals surface area contributed by atoms with Crippen LogP contribution in [0.25, 0.3) is 0 Å². The van der Waals surface area contributed by atoms with Crippen molar-refractivity contribution >= 4 is 23.8 Å². The Hall–Kier alpha value is -3.95. The number of carboxylic acid groups (broad SMARTS) is 2. The molecule has 154 valence electrons. The highest BCUT2D eigenvalue weighted by Crippen LogP contribution is 2.12. The fourth-order valence-corrected chi connectivity index (χ4v) is 1.92. The number of hydrogen-bond acceptors (Lipinski definition) is 5. The van der Waals surface area contributed by atoms with Gasteiger partial charge in [-0.15, -0.1) is 0 Å². The lowest BCUT2D eigenvalue weighted by Crippen LogP contribution is -2.34. The first-order valence-corrected chi connectivity index (χ1v) is 8.16.